The third kappa shape index (κ3) is 3.40. The maximum absolute atomic E-state index is 11.8. The molecule has 16 heavy (non-hydrogen) atoms. The highest BCUT2D eigenvalue weighted by Gasteiger charge is 2.16. The fraction of sp³-hybridized carbons (Fsp3) is 0.400. The van der Waals surface area contributed by atoms with Crippen molar-refractivity contribution in [1.82, 2.24) is 4.72 Å². The molecule has 0 amide bonds. The lowest BCUT2D eigenvalue weighted by Crippen LogP contribution is -2.33. The normalized spacial score (nSPS) is 13.4. The van der Waals surface area contributed by atoms with Crippen LogP contribution in [0.5, 0.6) is 5.75 Å². The average Bonchev–Trinajstić information content (AvgIpc) is 2.28. The lowest BCUT2D eigenvalue weighted by molar-refractivity contribution is 0.414. The van der Waals surface area contributed by atoms with Crippen molar-refractivity contribution in [3.8, 4) is 5.75 Å². The van der Waals surface area contributed by atoms with Crippen LogP contribution >= 0.6 is 12.6 Å². The van der Waals surface area contributed by atoms with Gasteiger partial charge in [0, 0.05) is 11.8 Å². The summed E-state index contributed by atoms with van der Waals surface area (Å²) < 4.78 is 31.1. The molecule has 0 fully saturated rings. The molecule has 1 atom stereocenters. The second-order valence-corrected chi connectivity index (χ2v) is 5.46. The first-order valence-electron chi connectivity index (χ1n) is 4.77. The lowest BCUT2D eigenvalue weighted by atomic mass is 10.3. The van der Waals surface area contributed by atoms with Crippen molar-refractivity contribution < 1.29 is 13.2 Å². The Morgan fingerprint density at radius 2 is 1.94 bits per heavy atom. The summed E-state index contributed by atoms with van der Waals surface area (Å²) in [4.78, 5) is 0.224. The molecule has 0 aromatic heterocycles. The Hall–Kier alpha value is -0.720. The first kappa shape index (κ1) is 13.3. The van der Waals surface area contributed by atoms with Crippen molar-refractivity contribution in [3.05, 3.63) is 24.3 Å². The fourth-order valence-corrected chi connectivity index (χ4v) is 2.58. The number of hydrogen-bond acceptors (Lipinski definition) is 4. The second kappa shape index (κ2) is 5.56. The summed E-state index contributed by atoms with van der Waals surface area (Å²) in [5.41, 5.74) is 0. The number of methoxy groups -OCH3 is 1. The quantitative estimate of drug-likeness (QED) is 0.785. The zero-order chi connectivity index (χ0) is 12.2. The Morgan fingerprint density at radius 3 is 2.38 bits per heavy atom. The van der Waals surface area contributed by atoms with Crippen molar-refractivity contribution >= 4 is 22.7 Å². The number of nitrogens with one attached hydrogen (secondary N) is 1. The van der Waals surface area contributed by atoms with Gasteiger partial charge in [0.1, 0.15) is 5.75 Å². The van der Waals surface area contributed by atoms with E-state index in [0.717, 1.165) is 0 Å². The molecule has 0 aliphatic rings. The lowest BCUT2D eigenvalue weighted by Gasteiger charge is -2.11. The van der Waals surface area contributed by atoms with Crippen LogP contribution in [-0.2, 0) is 10.0 Å². The fourth-order valence-electron chi connectivity index (χ4n) is 1.13. The Kier molecular flexibility index (Phi) is 4.64. The predicted octanol–water partition coefficient (Wildman–Crippen LogP) is 1.29. The van der Waals surface area contributed by atoms with Crippen molar-refractivity contribution in [3.63, 3.8) is 0 Å². The number of rotatable bonds is 5. The van der Waals surface area contributed by atoms with E-state index in [0.29, 0.717) is 11.5 Å². The molecule has 1 aromatic rings. The molecular formula is C10H15NO3S2. The van der Waals surface area contributed by atoms with Crippen LogP contribution in [0.2, 0.25) is 0 Å². The molecule has 1 rings (SSSR count). The minimum Gasteiger partial charge on any atom is -0.497 e. The van der Waals surface area contributed by atoms with Gasteiger partial charge in [-0.1, -0.05) is 0 Å². The SMILES string of the molecule is COc1ccc(S(=O)(=O)N[C@H](C)CS)cc1. The monoisotopic (exact) mass is 261 g/mol. The predicted molar refractivity (Wildman–Crippen MR) is 66.6 cm³/mol. The van der Waals surface area contributed by atoms with Crippen LogP contribution in [0.4, 0.5) is 0 Å². The molecule has 6 heteroatoms. The van der Waals surface area contributed by atoms with E-state index in [4.69, 9.17) is 4.74 Å². The smallest absolute Gasteiger partial charge is 0.240 e. The van der Waals surface area contributed by atoms with E-state index in [9.17, 15) is 8.42 Å². The van der Waals surface area contributed by atoms with Crippen LogP contribution in [0.15, 0.2) is 29.2 Å². The maximum atomic E-state index is 11.8. The van der Waals surface area contributed by atoms with E-state index in [1.54, 1.807) is 19.1 Å². The average molecular weight is 261 g/mol. The first-order chi connectivity index (χ1) is 7.49. The molecule has 0 saturated carbocycles. The molecule has 0 aliphatic carbocycles. The zero-order valence-electron chi connectivity index (χ0n) is 9.17. The highest BCUT2D eigenvalue weighted by atomic mass is 32.2. The standard InChI is InChI=1S/C10H15NO3S2/c1-8(7-15)11-16(12,13)10-5-3-9(14-2)4-6-10/h3-6,8,11,15H,7H2,1-2H3/t8-/m1/s1. The van der Waals surface area contributed by atoms with Crippen molar-refractivity contribution in [1.29, 1.82) is 0 Å². The summed E-state index contributed by atoms with van der Waals surface area (Å²) in [5.74, 6) is 1.08. The topological polar surface area (TPSA) is 55.4 Å². The molecule has 4 nitrogen and oxygen atoms in total. The summed E-state index contributed by atoms with van der Waals surface area (Å²) in [6.07, 6.45) is 0. The van der Waals surface area contributed by atoms with Gasteiger partial charge in [-0.25, -0.2) is 13.1 Å². The van der Waals surface area contributed by atoms with Crippen LogP contribution < -0.4 is 9.46 Å². The van der Waals surface area contributed by atoms with Crippen LogP contribution in [0, 0.1) is 0 Å². The summed E-state index contributed by atoms with van der Waals surface area (Å²) in [7, 11) is -1.92. The zero-order valence-corrected chi connectivity index (χ0v) is 10.9. The Morgan fingerprint density at radius 1 is 1.38 bits per heavy atom. The molecule has 1 N–H and O–H groups in total. The minimum atomic E-state index is -3.45. The van der Waals surface area contributed by atoms with E-state index < -0.39 is 10.0 Å². The van der Waals surface area contributed by atoms with Gasteiger partial charge in [0.25, 0.3) is 0 Å². The molecule has 90 valence electrons. The van der Waals surface area contributed by atoms with Crippen molar-refractivity contribution in [2.75, 3.05) is 12.9 Å². The van der Waals surface area contributed by atoms with Crippen molar-refractivity contribution in [2.24, 2.45) is 0 Å². The summed E-state index contributed by atoms with van der Waals surface area (Å²) >= 11 is 4.02. The molecule has 0 heterocycles. The molecular weight excluding hydrogens is 246 g/mol. The number of sulfonamides is 1. The number of thiol groups is 1. The largest absolute Gasteiger partial charge is 0.497 e. The van der Waals surface area contributed by atoms with Gasteiger partial charge in [0.15, 0.2) is 0 Å². The van der Waals surface area contributed by atoms with Gasteiger partial charge in [-0.05, 0) is 31.2 Å². The summed E-state index contributed by atoms with van der Waals surface area (Å²) in [6, 6.07) is 6.04. The Bertz CT molecular complexity index is 428. The third-order valence-electron chi connectivity index (χ3n) is 2.00. The molecule has 0 aliphatic heterocycles. The highest BCUT2D eigenvalue weighted by Crippen LogP contribution is 2.15. The van der Waals surface area contributed by atoms with Gasteiger partial charge in [-0.2, -0.15) is 12.6 Å². The number of hydrogen-bond donors (Lipinski definition) is 2. The van der Waals surface area contributed by atoms with Crippen molar-refractivity contribution in [2.45, 2.75) is 17.9 Å². The Balaban J connectivity index is 2.90. The molecule has 0 spiro atoms. The summed E-state index contributed by atoms with van der Waals surface area (Å²) in [5, 5.41) is 0. The minimum absolute atomic E-state index is 0.199. The van der Waals surface area contributed by atoms with Crippen LogP contribution in [0.3, 0.4) is 0 Å². The second-order valence-electron chi connectivity index (χ2n) is 3.38. The first-order valence-corrected chi connectivity index (χ1v) is 6.88. The van der Waals surface area contributed by atoms with Gasteiger partial charge in [-0.3, -0.25) is 0 Å². The molecule has 0 unspecified atom stereocenters. The van der Waals surface area contributed by atoms with E-state index in [1.165, 1.54) is 19.2 Å². The van der Waals surface area contributed by atoms with Crippen LogP contribution in [-0.4, -0.2) is 27.3 Å². The molecule has 0 radical (unpaired) electrons. The number of benzene rings is 1. The summed E-state index contributed by atoms with van der Waals surface area (Å²) in [6.45, 7) is 1.76. The van der Waals surface area contributed by atoms with E-state index in [-0.39, 0.29) is 10.9 Å². The molecule has 0 bridgehead atoms. The van der Waals surface area contributed by atoms with Gasteiger partial charge in [-0.15, -0.1) is 0 Å². The van der Waals surface area contributed by atoms with Gasteiger partial charge in [0.2, 0.25) is 10.0 Å². The van der Waals surface area contributed by atoms with E-state index in [1.807, 2.05) is 0 Å². The molecule has 1 aromatic carbocycles. The van der Waals surface area contributed by atoms with Crippen LogP contribution in [0.1, 0.15) is 6.92 Å². The Labute approximate surface area is 101 Å². The maximum Gasteiger partial charge on any atom is 0.240 e. The molecule has 0 saturated heterocycles. The van der Waals surface area contributed by atoms with Gasteiger partial charge in [0.05, 0.1) is 12.0 Å². The highest BCUT2D eigenvalue weighted by molar-refractivity contribution is 7.89. The van der Waals surface area contributed by atoms with Gasteiger partial charge >= 0.3 is 0 Å². The third-order valence-corrected chi connectivity index (χ3v) is 4.15. The van der Waals surface area contributed by atoms with E-state index >= 15 is 0 Å². The van der Waals surface area contributed by atoms with Gasteiger partial charge < -0.3 is 4.74 Å². The van der Waals surface area contributed by atoms with Crippen LogP contribution in [0.25, 0.3) is 0 Å². The van der Waals surface area contributed by atoms with E-state index in [2.05, 4.69) is 17.4 Å². The number of ether oxygens (including phenoxy) is 1.